The van der Waals surface area contributed by atoms with E-state index >= 15 is 0 Å². The van der Waals surface area contributed by atoms with Gasteiger partial charge < -0.3 is 10.6 Å². The van der Waals surface area contributed by atoms with Gasteiger partial charge in [0.2, 0.25) is 5.91 Å². The normalized spacial score (nSPS) is 26.6. The van der Waals surface area contributed by atoms with Gasteiger partial charge in [-0.15, -0.1) is 0 Å². The van der Waals surface area contributed by atoms with Gasteiger partial charge in [0, 0.05) is 0 Å². The molecule has 1 amide bonds. The lowest BCUT2D eigenvalue weighted by molar-refractivity contribution is -0.127. The summed E-state index contributed by atoms with van der Waals surface area (Å²) in [6.07, 6.45) is 3.36. The Morgan fingerprint density at radius 1 is 1.69 bits per heavy atom. The molecule has 1 aromatic rings. The van der Waals surface area contributed by atoms with Crippen LogP contribution in [-0.4, -0.2) is 33.2 Å². The molecule has 1 fully saturated rings. The average molecular weight is 223 g/mol. The molecule has 0 aromatic carbocycles. The smallest absolute Gasteiger partial charge is 0.240 e. The average Bonchev–Trinajstić information content (AvgIpc) is 2.88. The number of hydrogen-bond acceptors (Lipinski definition) is 4. The molecule has 0 radical (unpaired) electrons. The van der Waals surface area contributed by atoms with Gasteiger partial charge in [-0.2, -0.15) is 5.10 Å². The van der Waals surface area contributed by atoms with Crippen molar-refractivity contribution in [2.75, 3.05) is 6.54 Å². The molecule has 1 aliphatic heterocycles. The summed E-state index contributed by atoms with van der Waals surface area (Å²) in [4.78, 5) is 16.1. The molecule has 2 atom stereocenters. The fourth-order valence-corrected chi connectivity index (χ4v) is 1.94. The molecule has 0 aliphatic carbocycles. The van der Waals surface area contributed by atoms with E-state index in [4.69, 9.17) is 0 Å². The minimum absolute atomic E-state index is 0.0221. The molecule has 0 bridgehead atoms. The Labute approximate surface area is 94.2 Å². The molecular weight excluding hydrogens is 206 g/mol. The van der Waals surface area contributed by atoms with Crippen molar-refractivity contribution in [3.05, 3.63) is 12.2 Å². The van der Waals surface area contributed by atoms with Crippen molar-refractivity contribution < 1.29 is 4.79 Å². The number of nitrogens with zero attached hydrogens (tertiary/aromatic N) is 2. The SMILES string of the molecule is CC(NC(=O)C1(C)CCCN1)c1ncn[nH]1. The van der Waals surface area contributed by atoms with Crippen LogP contribution in [0.1, 0.15) is 38.6 Å². The van der Waals surface area contributed by atoms with Crippen LogP contribution < -0.4 is 10.6 Å². The van der Waals surface area contributed by atoms with Gasteiger partial charge >= 0.3 is 0 Å². The van der Waals surface area contributed by atoms with Gasteiger partial charge in [-0.1, -0.05) is 0 Å². The predicted octanol–water partition coefficient (Wildman–Crippen LogP) is 0.124. The van der Waals surface area contributed by atoms with Crippen LogP contribution in [0.2, 0.25) is 0 Å². The van der Waals surface area contributed by atoms with E-state index in [9.17, 15) is 4.79 Å². The Hall–Kier alpha value is -1.43. The minimum Gasteiger partial charge on any atom is -0.345 e. The molecule has 2 rings (SSSR count). The van der Waals surface area contributed by atoms with E-state index in [1.165, 1.54) is 6.33 Å². The zero-order valence-corrected chi connectivity index (χ0v) is 9.58. The fourth-order valence-electron chi connectivity index (χ4n) is 1.94. The second-order valence-corrected chi connectivity index (χ2v) is 4.43. The van der Waals surface area contributed by atoms with Crippen LogP contribution in [0.4, 0.5) is 0 Å². The van der Waals surface area contributed by atoms with E-state index in [2.05, 4.69) is 25.8 Å². The Balaban J connectivity index is 1.97. The van der Waals surface area contributed by atoms with Crippen molar-refractivity contribution >= 4 is 5.91 Å². The minimum atomic E-state index is -0.436. The summed E-state index contributed by atoms with van der Waals surface area (Å²) >= 11 is 0. The molecule has 1 saturated heterocycles. The van der Waals surface area contributed by atoms with E-state index in [1.807, 2.05) is 13.8 Å². The number of hydrogen-bond donors (Lipinski definition) is 3. The van der Waals surface area contributed by atoms with Crippen LogP contribution in [0.5, 0.6) is 0 Å². The first kappa shape index (κ1) is 11.1. The molecule has 2 heterocycles. The molecule has 1 aliphatic rings. The summed E-state index contributed by atoms with van der Waals surface area (Å²) in [6, 6.07) is -0.144. The molecule has 6 heteroatoms. The number of H-pyrrole nitrogens is 1. The lowest BCUT2D eigenvalue weighted by atomic mass is 9.99. The quantitative estimate of drug-likeness (QED) is 0.680. The number of carbonyl (C=O) groups excluding carboxylic acids is 1. The van der Waals surface area contributed by atoms with Crippen molar-refractivity contribution in [2.45, 2.75) is 38.3 Å². The molecule has 0 spiro atoms. The molecule has 1 aromatic heterocycles. The second-order valence-electron chi connectivity index (χ2n) is 4.43. The Kier molecular flexibility index (Phi) is 2.91. The third kappa shape index (κ3) is 2.06. The monoisotopic (exact) mass is 223 g/mol. The van der Waals surface area contributed by atoms with Crippen LogP contribution in [-0.2, 0) is 4.79 Å². The van der Waals surface area contributed by atoms with Crippen molar-refractivity contribution in [1.82, 2.24) is 25.8 Å². The molecule has 2 unspecified atom stereocenters. The van der Waals surface area contributed by atoms with Gasteiger partial charge in [0.25, 0.3) is 0 Å². The molecule has 0 saturated carbocycles. The summed E-state index contributed by atoms with van der Waals surface area (Å²) < 4.78 is 0. The summed E-state index contributed by atoms with van der Waals surface area (Å²) in [7, 11) is 0. The van der Waals surface area contributed by atoms with Crippen LogP contribution in [0, 0.1) is 0 Å². The fraction of sp³-hybridized carbons (Fsp3) is 0.700. The van der Waals surface area contributed by atoms with Gasteiger partial charge in [-0.25, -0.2) is 4.98 Å². The number of aromatic amines is 1. The zero-order valence-electron chi connectivity index (χ0n) is 9.58. The number of nitrogens with one attached hydrogen (secondary N) is 3. The highest BCUT2D eigenvalue weighted by atomic mass is 16.2. The second kappa shape index (κ2) is 4.21. The maximum atomic E-state index is 12.0. The van der Waals surface area contributed by atoms with E-state index in [-0.39, 0.29) is 11.9 Å². The Morgan fingerprint density at radius 2 is 2.50 bits per heavy atom. The van der Waals surface area contributed by atoms with Gasteiger partial charge in [-0.3, -0.25) is 9.89 Å². The predicted molar refractivity (Wildman–Crippen MR) is 58.6 cm³/mol. The maximum Gasteiger partial charge on any atom is 0.240 e. The molecule has 3 N–H and O–H groups in total. The van der Waals surface area contributed by atoms with Gasteiger partial charge in [0.1, 0.15) is 12.2 Å². The zero-order chi connectivity index (χ0) is 11.6. The van der Waals surface area contributed by atoms with Crippen LogP contribution in [0.3, 0.4) is 0 Å². The van der Waals surface area contributed by atoms with Crippen molar-refractivity contribution in [3.63, 3.8) is 0 Å². The largest absolute Gasteiger partial charge is 0.345 e. The standard InChI is InChI=1S/C10H17N5O/c1-7(8-11-6-13-15-8)14-9(16)10(2)4-3-5-12-10/h6-7,12H,3-5H2,1-2H3,(H,14,16)(H,11,13,15). The Morgan fingerprint density at radius 3 is 3.06 bits per heavy atom. The number of carbonyl (C=O) groups is 1. The highest BCUT2D eigenvalue weighted by Gasteiger charge is 2.36. The third-order valence-corrected chi connectivity index (χ3v) is 3.06. The van der Waals surface area contributed by atoms with E-state index in [0.717, 1.165) is 19.4 Å². The summed E-state index contributed by atoms with van der Waals surface area (Å²) in [5.41, 5.74) is -0.436. The summed E-state index contributed by atoms with van der Waals surface area (Å²) in [5.74, 6) is 0.698. The van der Waals surface area contributed by atoms with Gasteiger partial charge in [-0.05, 0) is 33.2 Å². The van der Waals surface area contributed by atoms with Crippen molar-refractivity contribution in [3.8, 4) is 0 Å². The highest BCUT2D eigenvalue weighted by Crippen LogP contribution is 2.19. The van der Waals surface area contributed by atoms with Crippen molar-refractivity contribution in [2.24, 2.45) is 0 Å². The van der Waals surface area contributed by atoms with Gasteiger partial charge in [0.05, 0.1) is 11.6 Å². The maximum absolute atomic E-state index is 12.0. The van der Waals surface area contributed by atoms with Crippen LogP contribution in [0.25, 0.3) is 0 Å². The number of amides is 1. The lowest BCUT2D eigenvalue weighted by Gasteiger charge is -2.24. The van der Waals surface area contributed by atoms with E-state index in [0.29, 0.717) is 5.82 Å². The lowest BCUT2D eigenvalue weighted by Crippen LogP contribution is -2.51. The third-order valence-electron chi connectivity index (χ3n) is 3.06. The molecule has 16 heavy (non-hydrogen) atoms. The first-order valence-electron chi connectivity index (χ1n) is 5.53. The summed E-state index contributed by atoms with van der Waals surface area (Å²) in [6.45, 7) is 4.72. The number of aromatic nitrogens is 3. The number of rotatable bonds is 3. The molecule has 88 valence electrons. The molecular formula is C10H17N5O. The highest BCUT2D eigenvalue weighted by molar-refractivity contribution is 5.86. The first-order valence-corrected chi connectivity index (χ1v) is 5.53. The van der Waals surface area contributed by atoms with Crippen LogP contribution in [0.15, 0.2) is 6.33 Å². The Bertz CT molecular complexity index is 355. The van der Waals surface area contributed by atoms with E-state index in [1.54, 1.807) is 0 Å². The summed E-state index contributed by atoms with van der Waals surface area (Å²) in [5, 5.41) is 12.7. The van der Waals surface area contributed by atoms with Gasteiger partial charge in [0.15, 0.2) is 0 Å². The van der Waals surface area contributed by atoms with Crippen molar-refractivity contribution in [1.29, 1.82) is 0 Å². The van der Waals surface area contributed by atoms with E-state index < -0.39 is 5.54 Å². The molecule has 6 nitrogen and oxygen atoms in total. The van der Waals surface area contributed by atoms with Crippen LogP contribution >= 0.6 is 0 Å². The topological polar surface area (TPSA) is 82.7 Å². The first-order chi connectivity index (χ1) is 7.62.